The molecule has 2 fully saturated rings. The van der Waals surface area contributed by atoms with Crippen molar-refractivity contribution in [1.29, 1.82) is 0 Å². The van der Waals surface area contributed by atoms with E-state index in [0.717, 1.165) is 16.5 Å². The summed E-state index contributed by atoms with van der Waals surface area (Å²) in [4.78, 5) is 40.7. The Balaban J connectivity index is 1.80. The summed E-state index contributed by atoms with van der Waals surface area (Å²) in [6, 6.07) is 12.1. The number of thioether (sulfide) groups is 1. The van der Waals surface area contributed by atoms with Gasteiger partial charge in [0.2, 0.25) is 11.8 Å². The Morgan fingerprint density at radius 1 is 1.12 bits per heavy atom. The predicted octanol–water partition coefficient (Wildman–Crippen LogP) is 2.12. The second kappa shape index (κ2) is 8.48. The number of phenolic OH excluding ortho intramolecular Hbond substituents is 2. The van der Waals surface area contributed by atoms with Crippen molar-refractivity contribution in [3.05, 3.63) is 59.7 Å². The molecule has 4 N–H and O–H groups in total. The first-order valence-corrected chi connectivity index (χ1v) is 11.6. The predicted molar refractivity (Wildman–Crippen MR) is 118 cm³/mol. The van der Waals surface area contributed by atoms with Gasteiger partial charge in [0.05, 0.1) is 18.4 Å². The fraction of sp³-hybridized carbons (Fsp3) is 0.348. The van der Waals surface area contributed by atoms with Crippen molar-refractivity contribution in [3.8, 4) is 11.5 Å². The molecule has 2 aliphatic rings. The van der Waals surface area contributed by atoms with Gasteiger partial charge >= 0.3 is 5.97 Å². The molecule has 0 bridgehead atoms. The van der Waals surface area contributed by atoms with Crippen LogP contribution in [0, 0.1) is 11.8 Å². The van der Waals surface area contributed by atoms with E-state index in [9.17, 15) is 29.7 Å². The quantitative estimate of drug-likeness (QED) is 0.467. The molecule has 9 heteroatoms. The molecule has 2 heterocycles. The third-order valence-electron chi connectivity index (χ3n) is 6.36. The van der Waals surface area contributed by atoms with E-state index in [1.54, 1.807) is 24.3 Å². The second-order valence-corrected chi connectivity index (χ2v) is 9.12. The Labute approximate surface area is 189 Å². The minimum absolute atomic E-state index is 0.0536. The molecule has 4 rings (SSSR count). The molecule has 0 radical (unpaired) electrons. The van der Waals surface area contributed by atoms with Gasteiger partial charge in [0.1, 0.15) is 17.0 Å². The van der Waals surface area contributed by atoms with Gasteiger partial charge in [-0.15, -0.1) is 0 Å². The van der Waals surface area contributed by atoms with Crippen LogP contribution in [0.1, 0.15) is 23.6 Å². The molecular formula is C23H24N2O6S. The number of rotatable bonds is 7. The van der Waals surface area contributed by atoms with Gasteiger partial charge in [-0.3, -0.25) is 24.6 Å². The Morgan fingerprint density at radius 3 is 2.47 bits per heavy atom. The number of benzene rings is 2. The third kappa shape index (κ3) is 3.51. The van der Waals surface area contributed by atoms with E-state index >= 15 is 0 Å². The number of aliphatic carboxylic acids is 1. The average Bonchev–Trinajstić information content (AvgIpc) is 3.23. The van der Waals surface area contributed by atoms with Crippen molar-refractivity contribution in [2.75, 3.05) is 12.0 Å². The number of amides is 2. The molecule has 8 nitrogen and oxygen atoms in total. The van der Waals surface area contributed by atoms with E-state index in [-0.39, 0.29) is 30.0 Å². The van der Waals surface area contributed by atoms with E-state index in [0.29, 0.717) is 5.75 Å². The Kier molecular flexibility index (Phi) is 5.87. The van der Waals surface area contributed by atoms with E-state index in [1.807, 2.05) is 12.3 Å². The van der Waals surface area contributed by atoms with Gasteiger partial charge in [0.25, 0.3) is 0 Å². The van der Waals surface area contributed by atoms with Gasteiger partial charge in [-0.1, -0.05) is 36.4 Å². The minimum Gasteiger partial charge on any atom is -0.508 e. The average molecular weight is 457 g/mol. The number of carbonyl (C=O) groups excluding carboxylic acids is 2. The van der Waals surface area contributed by atoms with Gasteiger partial charge in [0.15, 0.2) is 0 Å². The van der Waals surface area contributed by atoms with Crippen LogP contribution in [0.4, 0.5) is 0 Å². The third-order valence-corrected chi connectivity index (χ3v) is 6.97. The number of nitrogens with one attached hydrogen (secondary N) is 1. The lowest BCUT2D eigenvalue weighted by atomic mass is 9.78. The standard InChI is InChI=1S/C23H24N2O6S/c1-32-10-9-23(22(30)31)18-17(19(24-23)15-8-7-14(26)11-16(15)27)20(28)25(21(18)29)12-13-5-3-2-4-6-13/h2-8,11,17-19,24,26-27H,9-10,12H2,1H3,(H,30,31)/t17-,18-,19+,23-/m0/s1. The largest absolute Gasteiger partial charge is 0.508 e. The number of nitrogens with zero attached hydrogens (tertiary/aromatic N) is 1. The lowest BCUT2D eigenvalue weighted by Crippen LogP contribution is -2.56. The highest BCUT2D eigenvalue weighted by molar-refractivity contribution is 7.98. The van der Waals surface area contributed by atoms with Crippen molar-refractivity contribution in [2.45, 2.75) is 24.5 Å². The van der Waals surface area contributed by atoms with E-state index < -0.39 is 41.2 Å². The molecule has 0 saturated carbocycles. The summed E-state index contributed by atoms with van der Waals surface area (Å²) in [7, 11) is 0. The summed E-state index contributed by atoms with van der Waals surface area (Å²) in [5.74, 6) is -4.26. The van der Waals surface area contributed by atoms with Crippen molar-refractivity contribution in [2.24, 2.45) is 11.8 Å². The maximum Gasteiger partial charge on any atom is 0.324 e. The van der Waals surface area contributed by atoms with Gasteiger partial charge < -0.3 is 15.3 Å². The smallest absolute Gasteiger partial charge is 0.324 e. The number of phenols is 2. The van der Waals surface area contributed by atoms with E-state index in [4.69, 9.17) is 0 Å². The molecule has 0 unspecified atom stereocenters. The number of aromatic hydroxyl groups is 2. The van der Waals surface area contributed by atoms with Gasteiger partial charge in [-0.25, -0.2) is 0 Å². The molecule has 2 aromatic carbocycles. The van der Waals surface area contributed by atoms with Crippen LogP contribution in [0.5, 0.6) is 11.5 Å². The lowest BCUT2D eigenvalue weighted by Gasteiger charge is -2.31. The molecular weight excluding hydrogens is 432 g/mol. The zero-order chi connectivity index (χ0) is 23.0. The highest BCUT2D eigenvalue weighted by Gasteiger charge is 2.68. The molecule has 2 amide bonds. The first-order valence-electron chi connectivity index (χ1n) is 10.2. The van der Waals surface area contributed by atoms with E-state index in [2.05, 4.69) is 5.32 Å². The highest BCUT2D eigenvalue weighted by atomic mass is 32.2. The summed E-state index contributed by atoms with van der Waals surface area (Å²) in [5.41, 5.74) is -0.620. The van der Waals surface area contributed by atoms with Crippen molar-refractivity contribution in [3.63, 3.8) is 0 Å². The molecule has 168 valence electrons. The van der Waals surface area contributed by atoms with Crippen LogP contribution in [0.15, 0.2) is 48.5 Å². The lowest BCUT2D eigenvalue weighted by molar-refractivity contribution is -0.151. The number of hydrogen-bond donors (Lipinski definition) is 4. The van der Waals surface area contributed by atoms with Crippen LogP contribution < -0.4 is 5.32 Å². The number of imide groups is 1. The SMILES string of the molecule is CSCC[C@]1(C(=O)O)N[C@H](c2ccc(O)cc2O)[C@H]2C(=O)N(Cc3ccccc3)C(=O)[C@H]21. The molecule has 2 saturated heterocycles. The fourth-order valence-corrected chi connectivity index (χ4v) is 5.37. The first kappa shape index (κ1) is 22.2. The molecule has 0 aliphatic carbocycles. The minimum atomic E-state index is -1.65. The van der Waals surface area contributed by atoms with Crippen LogP contribution in [0.25, 0.3) is 0 Å². The highest BCUT2D eigenvalue weighted by Crippen LogP contribution is 2.52. The molecule has 4 atom stereocenters. The summed E-state index contributed by atoms with van der Waals surface area (Å²) in [5, 5.41) is 33.4. The van der Waals surface area contributed by atoms with Crippen LogP contribution in [-0.4, -0.2) is 55.6 Å². The summed E-state index contributed by atoms with van der Waals surface area (Å²) < 4.78 is 0. The maximum atomic E-state index is 13.5. The van der Waals surface area contributed by atoms with Crippen LogP contribution in [-0.2, 0) is 20.9 Å². The van der Waals surface area contributed by atoms with Crippen molar-refractivity contribution < 1.29 is 29.7 Å². The normalized spacial score (nSPS) is 27.0. The van der Waals surface area contributed by atoms with Crippen molar-refractivity contribution in [1.82, 2.24) is 10.2 Å². The van der Waals surface area contributed by atoms with Gasteiger partial charge in [-0.2, -0.15) is 11.8 Å². The maximum absolute atomic E-state index is 13.5. The fourth-order valence-electron chi connectivity index (χ4n) is 4.84. The molecule has 32 heavy (non-hydrogen) atoms. The number of likely N-dealkylation sites (tertiary alicyclic amines) is 1. The van der Waals surface area contributed by atoms with Gasteiger partial charge in [-0.05, 0) is 30.1 Å². The second-order valence-electron chi connectivity index (χ2n) is 8.14. The summed E-state index contributed by atoms with van der Waals surface area (Å²) in [6.45, 7) is 0.0536. The van der Waals surface area contributed by atoms with Gasteiger partial charge in [0, 0.05) is 17.7 Å². The number of fused-ring (bicyclic) bond motifs is 1. The molecule has 0 aromatic heterocycles. The van der Waals surface area contributed by atoms with Crippen LogP contribution in [0.2, 0.25) is 0 Å². The number of carboxylic acids is 1. The first-order chi connectivity index (χ1) is 15.3. The monoisotopic (exact) mass is 456 g/mol. The van der Waals surface area contributed by atoms with E-state index in [1.165, 1.54) is 23.9 Å². The Hall–Kier alpha value is -3.04. The topological polar surface area (TPSA) is 127 Å². The number of hydrogen-bond acceptors (Lipinski definition) is 7. The number of carboxylic acid groups (broad SMARTS) is 1. The zero-order valence-corrected chi connectivity index (χ0v) is 18.2. The number of carbonyl (C=O) groups is 3. The molecule has 2 aliphatic heterocycles. The molecule has 2 aromatic rings. The summed E-state index contributed by atoms with van der Waals surface area (Å²) >= 11 is 1.45. The Bertz CT molecular complexity index is 1060. The Morgan fingerprint density at radius 2 is 1.84 bits per heavy atom. The molecule has 0 spiro atoms. The van der Waals surface area contributed by atoms with Crippen molar-refractivity contribution >= 4 is 29.5 Å². The zero-order valence-electron chi connectivity index (χ0n) is 17.4. The van der Waals surface area contributed by atoms with Crippen LogP contribution in [0.3, 0.4) is 0 Å². The summed E-state index contributed by atoms with van der Waals surface area (Å²) in [6.07, 6.45) is 1.98. The van der Waals surface area contributed by atoms with Crippen LogP contribution >= 0.6 is 11.8 Å².